The molecule has 0 atom stereocenters. The Hall–Kier alpha value is -1.04. The summed E-state index contributed by atoms with van der Waals surface area (Å²) in [5.74, 6) is -0.297. The van der Waals surface area contributed by atoms with E-state index in [2.05, 4.69) is 27.3 Å². The maximum atomic E-state index is 10.8. The van der Waals surface area contributed by atoms with Crippen molar-refractivity contribution in [2.75, 3.05) is 7.11 Å². The molecule has 14 heavy (non-hydrogen) atoms. The molecule has 1 rings (SSSR count). The third-order valence-electron chi connectivity index (χ3n) is 1.59. The Labute approximate surface area is 95.5 Å². The first-order chi connectivity index (χ1) is 6.63. The normalized spacial score (nSPS) is 10.4. The van der Waals surface area contributed by atoms with E-state index in [0.29, 0.717) is 5.56 Å². The molecule has 1 aromatic carbocycles. The van der Waals surface area contributed by atoms with Crippen molar-refractivity contribution in [2.45, 2.75) is 0 Å². The predicted octanol–water partition coefficient (Wildman–Crippen LogP) is 2.18. The number of aromatic hydroxyl groups is 1. The van der Waals surface area contributed by atoms with E-state index in [9.17, 15) is 9.90 Å². The molecule has 1 N–H and O–H groups in total. The van der Waals surface area contributed by atoms with E-state index in [4.69, 9.17) is 0 Å². The molecular weight excluding hydrogens is 295 g/mol. The number of halogens is 1. The summed E-state index contributed by atoms with van der Waals surface area (Å²) >= 11 is 2.13. The predicted molar refractivity (Wildman–Crippen MR) is 61.9 cm³/mol. The van der Waals surface area contributed by atoms with Gasteiger partial charge in [-0.3, -0.25) is 0 Å². The van der Waals surface area contributed by atoms with E-state index in [1.807, 2.05) is 0 Å². The van der Waals surface area contributed by atoms with E-state index in [-0.39, 0.29) is 5.75 Å². The molecule has 0 unspecified atom stereocenters. The highest BCUT2D eigenvalue weighted by molar-refractivity contribution is 14.1. The minimum absolute atomic E-state index is 0.144. The molecule has 0 radical (unpaired) electrons. The summed E-state index contributed by atoms with van der Waals surface area (Å²) in [6.07, 6.45) is 2.79. The Bertz CT molecular complexity index is 372. The first kappa shape index (κ1) is 11.0. The van der Waals surface area contributed by atoms with Crippen molar-refractivity contribution in [2.24, 2.45) is 0 Å². The van der Waals surface area contributed by atoms with Gasteiger partial charge in [-0.1, -0.05) is 0 Å². The molecule has 0 aliphatic rings. The van der Waals surface area contributed by atoms with Gasteiger partial charge in [0.15, 0.2) is 0 Å². The van der Waals surface area contributed by atoms with Gasteiger partial charge < -0.3 is 9.84 Å². The lowest BCUT2D eigenvalue weighted by molar-refractivity contribution is -0.134. The lowest BCUT2D eigenvalue weighted by atomic mass is 10.2. The summed E-state index contributed by atoms with van der Waals surface area (Å²) in [6, 6.07) is 5.14. The number of carbonyl (C=O) groups is 1. The highest BCUT2D eigenvalue weighted by Crippen LogP contribution is 2.20. The minimum atomic E-state index is -0.441. The maximum Gasteiger partial charge on any atom is 0.330 e. The highest BCUT2D eigenvalue weighted by atomic mass is 127. The van der Waals surface area contributed by atoms with Crippen molar-refractivity contribution < 1.29 is 14.6 Å². The molecule has 3 nitrogen and oxygen atoms in total. The van der Waals surface area contributed by atoms with Crippen molar-refractivity contribution in [3.8, 4) is 5.75 Å². The average Bonchev–Trinajstić information content (AvgIpc) is 2.19. The molecule has 74 valence electrons. The lowest BCUT2D eigenvalue weighted by Gasteiger charge is -1.98. The Morgan fingerprint density at radius 2 is 2.29 bits per heavy atom. The molecule has 0 amide bonds. The monoisotopic (exact) mass is 304 g/mol. The van der Waals surface area contributed by atoms with E-state index in [0.717, 1.165) is 3.57 Å². The number of benzene rings is 1. The third-order valence-corrected chi connectivity index (χ3v) is 2.26. The molecule has 0 saturated carbocycles. The SMILES string of the molecule is COC(=O)/C=C/c1cc(I)ccc1O. The molecular formula is C10H9IO3. The zero-order valence-electron chi connectivity index (χ0n) is 7.53. The van der Waals surface area contributed by atoms with Crippen LogP contribution in [0.2, 0.25) is 0 Å². The van der Waals surface area contributed by atoms with Crippen molar-refractivity contribution in [1.82, 2.24) is 0 Å². The van der Waals surface area contributed by atoms with Crippen LogP contribution >= 0.6 is 22.6 Å². The molecule has 0 saturated heterocycles. The number of carbonyl (C=O) groups excluding carboxylic acids is 1. The van der Waals surface area contributed by atoms with Gasteiger partial charge >= 0.3 is 5.97 Å². The number of hydrogen-bond acceptors (Lipinski definition) is 3. The average molecular weight is 304 g/mol. The molecule has 0 fully saturated rings. The van der Waals surface area contributed by atoms with E-state index < -0.39 is 5.97 Å². The van der Waals surface area contributed by atoms with Crippen LogP contribution in [0, 0.1) is 3.57 Å². The fourth-order valence-corrected chi connectivity index (χ4v) is 1.40. The van der Waals surface area contributed by atoms with Crippen LogP contribution in [0.1, 0.15) is 5.56 Å². The fraction of sp³-hybridized carbons (Fsp3) is 0.100. The zero-order chi connectivity index (χ0) is 10.6. The van der Waals surface area contributed by atoms with Gasteiger partial charge in [0.2, 0.25) is 0 Å². The van der Waals surface area contributed by atoms with Gasteiger partial charge in [0.25, 0.3) is 0 Å². The van der Waals surface area contributed by atoms with Crippen molar-refractivity contribution in [3.05, 3.63) is 33.4 Å². The Morgan fingerprint density at radius 3 is 2.93 bits per heavy atom. The van der Waals surface area contributed by atoms with Crippen LogP contribution in [0.25, 0.3) is 6.08 Å². The molecule has 0 aliphatic heterocycles. The second-order valence-electron chi connectivity index (χ2n) is 2.56. The van der Waals surface area contributed by atoms with Gasteiger partial charge in [0, 0.05) is 15.2 Å². The molecule has 0 aromatic heterocycles. The van der Waals surface area contributed by atoms with Gasteiger partial charge in [0.1, 0.15) is 5.75 Å². The van der Waals surface area contributed by atoms with Gasteiger partial charge in [-0.15, -0.1) is 0 Å². The van der Waals surface area contributed by atoms with Gasteiger partial charge in [0.05, 0.1) is 7.11 Å². The molecule has 0 bridgehead atoms. The smallest absolute Gasteiger partial charge is 0.330 e. The number of hydrogen-bond donors (Lipinski definition) is 1. The summed E-state index contributed by atoms with van der Waals surface area (Å²) in [6.45, 7) is 0. The van der Waals surface area contributed by atoms with Crippen LogP contribution in [-0.2, 0) is 9.53 Å². The molecule has 0 spiro atoms. The standard InChI is InChI=1S/C10H9IO3/c1-14-10(13)5-2-7-6-8(11)3-4-9(7)12/h2-6,12H,1H3/b5-2+. The van der Waals surface area contributed by atoms with Crippen LogP contribution in [0.5, 0.6) is 5.75 Å². The third kappa shape index (κ3) is 3.02. The fourth-order valence-electron chi connectivity index (χ4n) is 0.885. The molecule has 1 aromatic rings. The van der Waals surface area contributed by atoms with E-state index in [1.165, 1.54) is 19.3 Å². The highest BCUT2D eigenvalue weighted by Gasteiger charge is 1.98. The Kier molecular flexibility index (Phi) is 3.94. The topological polar surface area (TPSA) is 46.5 Å². The van der Waals surface area contributed by atoms with Crippen LogP contribution < -0.4 is 0 Å². The van der Waals surface area contributed by atoms with Crippen LogP contribution in [-0.4, -0.2) is 18.2 Å². The number of phenolic OH excluding ortho intramolecular Hbond substituents is 1. The summed E-state index contributed by atoms with van der Waals surface area (Å²) in [7, 11) is 1.31. The van der Waals surface area contributed by atoms with Gasteiger partial charge in [-0.2, -0.15) is 0 Å². The largest absolute Gasteiger partial charge is 0.507 e. The second-order valence-corrected chi connectivity index (χ2v) is 3.81. The first-order valence-electron chi connectivity index (χ1n) is 3.88. The van der Waals surface area contributed by atoms with E-state index in [1.54, 1.807) is 18.2 Å². The minimum Gasteiger partial charge on any atom is -0.507 e. The van der Waals surface area contributed by atoms with Crippen molar-refractivity contribution in [3.63, 3.8) is 0 Å². The molecule has 0 aliphatic carbocycles. The van der Waals surface area contributed by atoms with Gasteiger partial charge in [-0.05, 0) is 46.9 Å². The molecule has 4 heteroatoms. The van der Waals surface area contributed by atoms with Crippen molar-refractivity contribution in [1.29, 1.82) is 0 Å². The Balaban J connectivity index is 2.90. The Morgan fingerprint density at radius 1 is 1.57 bits per heavy atom. The summed E-state index contributed by atoms with van der Waals surface area (Å²) < 4.78 is 5.42. The second kappa shape index (κ2) is 4.99. The number of methoxy groups -OCH3 is 1. The quantitative estimate of drug-likeness (QED) is 0.517. The van der Waals surface area contributed by atoms with Crippen LogP contribution in [0.3, 0.4) is 0 Å². The summed E-state index contributed by atoms with van der Waals surface area (Å²) in [4.78, 5) is 10.8. The number of phenols is 1. The van der Waals surface area contributed by atoms with Crippen LogP contribution in [0.4, 0.5) is 0 Å². The zero-order valence-corrected chi connectivity index (χ0v) is 9.69. The summed E-state index contributed by atoms with van der Waals surface area (Å²) in [5, 5.41) is 9.41. The van der Waals surface area contributed by atoms with Crippen molar-refractivity contribution >= 4 is 34.6 Å². The van der Waals surface area contributed by atoms with Gasteiger partial charge in [-0.25, -0.2) is 4.79 Å². The number of esters is 1. The lowest BCUT2D eigenvalue weighted by Crippen LogP contribution is -1.93. The van der Waals surface area contributed by atoms with E-state index >= 15 is 0 Å². The number of ether oxygens (including phenoxy) is 1. The molecule has 0 heterocycles. The number of rotatable bonds is 2. The first-order valence-corrected chi connectivity index (χ1v) is 4.96. The maximum absolute atomic E-state index is 10.8. The van der Waals surface area contributed by atoms with Crippen LogP contribution in [0.15, 0.2) is 24.3 Å². The summed E-state index contributed by atoms with van der Waals surface area (Å²) in [5.41, 5.74) is 0.599.